The highest BCUT2D eigenvalue weighted by atomic mass is 16.5. The number of fused-ring (bicyclic) bond motifs is 1. The zero-order chi connectivity index (χ0) is 11.7. The van der Waals surface area contributed by atoms with Gasteiger partial charge in [0.25, 0.3) is 0 Å². The Bertz CT molecular complexity index is 515. The van der Waals surface area contributed by atoms with Crippen LogP contribution in [-0.2, 0) is 11.2 Å². The molecule has 4 heteroatoms. The number of nitrogens with zero attached hydrogens (tertiary/aromatic N) is 2. The Hall–Kier alpha value is -1.55. The highest BCUT2D eigenvalue weighted by Gasteiger charge is 2.18. The molecule has 1 fully saturated rings. The van der Waals surface area contributed by atoms with Gasteiger partial charge in [-0.1, -0.05) is 0 Å². The second-order valence-electron chi connectivity index (χ2n) is 4.38. The maximum Gasteiger partial charge on any atom is 0.122 e. The highest BCUT2D eigenvalue weighted by Crippen LogP contribution is 2.19. The minimum atomic E-state index is 0.336. The molecule has 2 aromatic rings. The Labute approximate surface area is 100 Å². The van der Waals surface area contributed by atoms with E-state index >= 15 is 0 Å². The molecule has 0 spiro atoms. The molecule has 1 atom stereocenters. The van der Waals surface area contributed by atoms with Crippen molar-refractivity contribution in [2.75, 3.05) is 13.7 Å². The van der Waals surface area contributed by atoms with Crippen LogP contribution in [0.1, 0.15) is 18.7 Å². The zero-order valence-electron chi connectivity index (χ0n) is 9.93. The van der Waals surface area contributed by atoms with Gasteiger partial charge in [-0.15, -0.1) is 0 Å². The van der Waals surface area contributed by atoms with Gasteiger partial charge in [0.15, 0.2) is 0 Å². The molecule has 0 aromatic carbocycles. The lowest BCUT2D eigenvalue weighted by Gasteiger charge is -2.08. The topological polar surface area (TPSA) is 35.8 Å². The lowest BCUT2D eigenvalue weighted by atomic mass is 10.2. The molecular formula is C13H16N2O2. The van der Waals surface area contributed by atoms with Crippen molar-refractivity contribution in [2.24, 2.45) is 0 Å². The van der Waals surface area contributed by atoms with Crippen LogP contribution in [-0.4, -0.2) is 29.2 Å². The molecule has 0 N–H and O–H groups in total. The average Bonchev–Trinajstić information content (AvgIpc) is 2.99. The molecule has 1 saturated heterocycles. The molecule has 0 radical (unpaired) electrons. The molecule has 3 rings (SSSR count). The number of hydrogen-bond donors (Lipinski definition) is 0. The van der Waals surface area contributed by atoms with Crippen molar-refractivity contribution in [1.82, 2.24) is 9.38 Å². The maximum atomic E-state index is 5.64. The Kier molecular flexibility index (Phi) is 2.73. The summed E-state index contributed by atoms with van der Waals surface area (Å²) >= 11 is 0. The lowest BCUT2D eigenvalue weighted by Crippen LogP contribution is -2.11. The van der Waals surface area contributed by atoms with Gasteiger partial charge in [-0.3, -0.25) is 0 Å². The summed E-state index contributed by atoms with van der Waals surface area (Å²) in [5.74, 6) is 1.93. The Morgan fingerprint density at radius 3 is 3.29 bits per heavy atom. The second-order valence-corrected chi connectivity index (χ2v) is 4.38. The first kappa shape index (κ1) is 10.6. The van der Waals surface area contributed by atoms with Crippen LogP contribution in [0.4, 0.5) is 0 Å². The summed E-state index contributed by atoms with van der Waals surface area (Å²) in [5, 5.41) is 0. The number of pyridine rings is 1. The fourth-order valence-corrected chi connectivity index (χ4v) is 2.32. The van der Waals surface area contributed by atoms with Gasteiger partial charge in [-0.25, -0.2) is 4.98 Å². The summed E-state index contributed by atoms with van der Waals surface area (Å²) in [6.45, 7) is 0.891. The van der Waals surface area contributed by atoms with E-state index < -0.39 is 0 Å². The van der Waals surface area contributed by atoms with E-state index in [1.165, 1.54) is 6.42 Å². The number of methoxy groups -OCH3 is 1. The third-order valence-corrected chi connectivity index (χ3v) is 3.25. The molecule has 4 nitrogen and oxygen atoms in total. The molecule has 1 aliphatic heterocycles. The fourth-order valence-electron chi connectivity index (χ4n) is 2.32. The largest absolute Gasteiger partial charge is 0.497 e. The standard InChI is InChI=1S/C13H16N2O2/c1-16-11-4-5-15-10(7-11)9-14-13(15)8-12-3-2-6-17-12/h4-5,7,9,12H,2-3,6,8H2,1H3. The van der Waals surface area contributed by atoms with Gasteiger partial charge in [-0.2, -0.15) is 0 Å². The van der Waals surface area contributed by atoms with Crippen LogP contribution < -0.4 is 4.74 Å². The first-order valence-corrected chi connectivity index (χ1v) is 5.98. The van der Waals surface area contributed by atoms with Gasteiger partial charge < -0.3 is 13.9 Å². The van der Waals surface area contributed by atoms with Crippen LogP contribution in [0.15, 0.2) is 24.5 Å². The molecule has 3 heterocycles. The number of rotatable bonds is 3. The van der Waals surface area contributed by atoms with Gasteiger partial charge in [0.2, 0.25) is 0 Å². The summed E-state index contributed by atoms with van der Waals surface area (Å²) in [4.78, 5) is 4.46. The van der Waals surface area contributed by atoms with Gasteiger partial charge in [0, 0.05) is 25.3 Å². The molecule has 0 aliphatic carbocycles. The van der Waals surface area contributed by atoms with E-state index in [0.29, 0.717) is 6.10 Å². The minimum Gasteiger partial charge on any atom is -0.497 e. The monoisotopic (exact) mass is 232 g/mol. The van der Waals surface area contributed by atoms with Crippen molar-refractivity contribution in [2.45, 2.75) is 25.4 Å². The van der Waals surface area contributed by atoms with Gasteiger partial charge in [-0.05, 0) is 18.9 Å². The number of imidazole rings is 1. The van der Waals surface area contributed by atoms with E-state index in [9.17, 15) is 0 Å². The molecule has 0 amide bonds. The quantitative estimate of drug-likeness (QED) is 0.812. The predicted octanol–water partition coefficient (Wildman–Crippen LogP) is 2.06. The number of hydrogen-bond acceptors (Lipinski definition) is 3. The van der Waals surface area contributed by atoms with Crippen LogP contribution in [0, 0.1) is 0 Å². The molecule has 1 aliphatic rings. The van der Waals surface area contributed by atoms with E-state index in [-0.39, 0.29) is 0 Å². The van der Waals surface area contributed by atoms with Gasteiger partial charge >= 0.3 is 0 Å². The Morgan fingerprint density at radius 2 is 2.53 bits per heavy atom. The molecule has 0 bridgehead atoms. The van der Waals surface area contributed by atoms with E-state index in [1.807, 2.05) is 24.5 Å². The summed E-state index contributed by atoms with van der Waals surface area (Å²) in [6, 6.07) is 3.94. The smallest absolute Gasteiger partial charge is 0.122 e. The van der Waals surface area contributed by atoms with E-state index in [4.69, 9.17) is 9.47 Å². The van der Waals surface area contributed by atoms with Crippen LogP contribution in [0.3, 0.4) is 0 Å². The number of aromatic nitrogens is 2. The molecular weight excluding hydrogens is 216 g/mol. The Morgan fingerprint density at radius 1 is 1.59 bits per heavy atom. The van der Waals surface area contributed by atoms with Crippen LogP contribution in [0.25, 0.3) is 5.52 Å². The summed E-state index contributed by atoms with van der Waals surface area (Å²) < 4.78 is 12.9. The molecule has 2 aromatic heterocycles. The summed E-state index contributed by atoms with van der Waals surface area (Å²) in [6.07, 6.45) is 7.42. The maximum absolute atomic E-state index is 5.64. The molecule has 1 unspecified atom stereocenters. The summed E-state index contributed by atoms with van der Waals surface area (Å²) in [5.41, 5.74) is 1.07. The summed E-state index contributed by atoms with van der Waals surface area (Å²) in [7, 11) is 1.68. The van der Waals surface area contributed by atoms with Crippen molar-refractivity contribution in [3.05, 3.63) is 30.4 Å². The molecule has 17 heavy (non-hydrogen) atoms. The predicted molar refractivity (Wildman–Crippen MR) is 64.4 cm³/mol. The van der Waals surface area contributed by atoms with Gasteiger partial charge in [0.1, 0.15) is 11.6 Å². The van der Waals surface area contributed by atoms with Gasteiger partial charge in [0.05, 0.1) is 24.9 Å². The lowest BCUT2D eigenvalue weighted by molar-refractivity contribution is 0.110. The SMILES string of the molecule is COc1ccn2c(CC3CCCO3)ncc2c1. The minimum absolute atomic E-state index is 0.336. The van der Waals surface area contributed by atoms with E-state index in [2.05, 4.69) is 9.38 Å². The van der Waals surface area contributed by atoms with Crippen molar-refractivity contribution < 1.29 is 9.47 Å². The fraction of sp³-hybridized carbons (Fsp3) is 0.462. The highest BCUT2D eigenvalue weighted by molar-refractivity contribution is 5.50. The van der Waals surface area contributed by atoms with Crippen molar-refractivity contribution in [3.63, 3.8) is 0 Å². The van der Waals surface area contributed by atoms with Crippen molar-refractivity contribution >= 4 is 5.52 Å². The third kappa shape index (κ3) is 2.00. The Balaban J connectivity index is 1.89. The van der Waals surface area contributed by atoms with Crippen LogP contribution in [0.5, 0.6) is 5.75 Å². The first-order chi connectivity index (χ1) is 8.36. The van der Waals surface area contributed by atoms with Crippen LogP contribution in [0.2, 0.25) is 0 Å². The van der Waals surface area contributed by atoms with E-state index in [1.54, 1.807) is 7.11 Å². The first-order valence-electron chi connectivity index (χ1n) is 5.98. The normalized spacial score (nSPS) is 19.9. The van der Waals surface area contributed by atoms with Crippen LogP contribution >= 0.6 is 0 Å². The molecule has 90 valence electrons. The number of ether oxygens (including phenoxy) is 2. The van der Waals surface area contributed by atoms with E-state index in [0.717, 1.165) is 36.5 Å². The van der Waals surface area contributed by atoms with Crippen molar-refractivity contribution in [1.29, 1.82) is 0 Å². The third-order valence-electron chi connectivity index (χ3n) is 3.25. The average molecular weight is 232 g/mol. The molecule has 0 saturated carbocycles. The second kappa shape index (κ2) is 4.37. The van der Waals surface area contributed by atoms with Crippen molar-refractivity contribution in [3.8, 4) is 5.75 Å². The zero-order valence-corrected chi connectivity index (χ0v) is 9.93.